The second-order valence-corrected chi connectivity index (χ2v) is 5.49. The molecule has 6 heteroatoms. The van der Waals surface area contributed by atoms with Gasteiger partial charge in [0.25, 0.3) is 0 Å². The van der Waals surface area contributed by atoms with Gasteiger partial charge in [0.05, 0.1) is 0 Å². The van der Waals surface area contributed by atoms with Crippen LogP contribution in [0.15, 0.2) is 30.3 Å². The third-order valence-electron chi connectivity index (χ3n) is 3.57. The second-order valence-electron chi connectivity index (χ2n) is 5.49. The van der Waals surface area contributed by atoms with E-state index in [1.54, 1.807) is 0 Å². The molecule has 4 N–H and O–H groups in total. The summed E-state index contributed by atoms with van der Waals surface area (Å²) in [6, 6.07) is 9.75. The Labute approximate surface area is 123 Å². The molecule has 0 aliphatic carbocycles. The summed E-state index contributed by atoms with van der Waals surface area (Å²) >= 11 is 0. The van der Waals surface area contributed by atoms with Gasteiger partial charge in [-0.1, -0.05) is 37.3 Å². The van der Waals surface area contributed by atoms with Crippen LogP contribution in [0.4, 0.5) is 0 Å². The van der Waals surface area contributed by atoms with E-state index in [0.29, 0.717) is 13.0 Å². The first-order valence-corrected chi connectivity index (χ1v) is 7.11. The zero-order valence-electron chi connectivity index (χ0n) is 12.0. The Balaban J connectivity index is 1.78. The van der Waals surface area contributed by atoms with E-state index < -0.39 is 5.97 Å². The smallest absolute Gasteiger partial charge is 0.303 e. The number of carboxylic acid groups (broad SMARTS) is 1. The molecule has 1 saturated heterocycles. The van der Waals surface area contributed by atoms with E-state index in [-0.39, 0.29) is 30.3 Å². The molecule has 1 aromatic carbocycles. The topological polar surface area (TPSA) is 90.5 Å². The van der Waals surface area contributed by atoms with Gasteiger partial charge in [-0.2, -0.15) is 0 Å². The first-order chi connectivity index (χ1) is 10.1. The summed E-state index contributed by atoms with van der Waals surface area (Å²) in [4.78, 5) is 22.6. The van der Waals surface area contributed by atoms with Crippen molar-refractivity contribution in [3.05, 3.63) is 35.9 Å². The zero-order chi connectivity index (χ0) is 15.2. The summed E-state index contributed by atoms with van der Waals surface area (Å²) in [5.74, 6) is -1.02. The Kier molecular flexibility index (Phi) is 5.30. The number of carboxylic acids is 1. The quantitative estimate of drug-likeness (QED) is 0.623. The van der Waals surface area contributed by atoms with Crippen LogP contribution in [0.3, 0.4) is 0 Å². The fourth-order valence-electron chi connectivity index (χ4n) is 2.40. The number of amides is 1. The molecular formula is C15H21N3O3. The van der Waals surface area contributed by atoms with Crippen LogP contribution in [-0.4, -0.2) is 29.6 Å². The number of rotatable bonds is 6. The molecule has 1 aliphatic heterocycles. The standard InChI is InChI=1S/C15H21N3O3/c1-10(7-14(19)20)9-16-15(21)13-8-12(17-18-13)11-5-3-2-4-6-11/h2-6,10,12-13,17-18H,7-9H2,1H3,(H,16,21)(H,19,20). The number of hydrogen-bond acceptors (Lipinski definition) is 4. The molecule has 0 aromatic heterocycles. The van der Waals surface area contributed by atoms with Gasteiger partial charge in [-0.05, 0) is 17.9 Å². The van der Waals surface area contributed by atoms with E-state index in [2.05, 4.69) is 16.2 Å². The van der Waals surface area contributed by atoms with E-state index in [1.807, 2.05) is 37.3 Å². The SMILES string of the molecule is CC(CNC(=O)C1CC(c2ccccc2)NN1)CC(=O)O. The third kappa shape index (κ3) is 4.54. The number of carbonyl (C=O) groups is 2. The van der Waals surface area contributed by atoms with Gasteiger partial charge in [-0.25, -0.2) is 10.9 Å². The van der Waals surface area contributed by atoms with Crippen LogP contribution in [0, 0.1) is 5.92 Å². The first-order valence-electron chi connectivity index (χ1n) is 7.11. The molecule has 114 valence electrons. The normalized spacial score (nSPS) is 22.7. The van der Waals surface area contributed by atoms with Crippen molar-refractivity contribution >= 4 is 11.9 Å². The molecule has 0 bridgehead atoms. The highest BCUT2D eigenvalue weighted by Gasteiger charge is 2.29. The number of aliphatic carboxylic acids is 1. The molecule has 1 aromatic rings. The maximum atomic E-state index is 12.1. The summed E-state index contributed by atoms with van der Waals surface area (Å²) in [7, 11) is 0. The molecule has 0 spiro atoms. The van der Waals surface area contributed by atoms with E-state index in [9.17, 15) is 9.59 Å². The summed E-state index contributed by atoms with van der Waals surface area (Å²) in [5.41, 5.74) is 7.25. The van der Waals surface area contributed by atoms with E-state index in [0.717, 1.165) is 5.56 Å². The Morgan fingerprint density at radius 3 is 2.71 bits per heavy atom. The Morgan fingerprint density at radius 2 is 2.05 bits per heavy atom. The second kappa shape index (κ2) is 7.19. The fourth-order valence-corrected chi connectivity index (χ4v) is 2.40. The van der Waals surface area contributed by atoms with Gasteiger partial charge in [0.2, 0.25) is 5.91 Å². The highest BCUT2D eigenvalue weighted by molar-refractivity contribution is 5.82. The maximum Gasteiger partial charge on any atom is 0.303 e. The van der Waals surface area contributed by atoms with Gasteiger partial charge in [-0.3, -0.25) is 9.59 Å². The van der Waals surface area contributed by atoms with Crippen LogP contribution in [0.25, 0.3) is 0 Å². The maximum absolute atomic E-state index is 12.1. The molecule has 6 nitrogen and oxygen atoms in total. The van der Waals surface area contributed by atoms with E-state index in [1.165, 1.54) is 0 Å². The monoisotopic (exact) mass is 291 g/mol. The van der Waals surface area contributed by atoms with Crippen LogP contribution in [-0.2, 0) is 9.59 Å². The summed E-state index contributed by atoms with van der Waals surface area (Å²) in [5, 5.41) is 11.5. The molecule has 21 heavy (non-hydrogen) atoms. The number of hydrazine groups is 1. The van der Waals surface area contributed by atoms with E-state index in [4.69, 9.17) is 5.11 Å². The molecule has 3 unspecified atom stereocenters. The van der Waals surface area contributed by atoms with E-state index >= 15 is 0 Å². The lowest BCUT2D eigenvalue weighted by molar-refractivity contribution is -0.138. The molecular weight excluding hydrogens is 270 g/mol. The third-order valence-corrected chi connectivity index (χ3v) is 3.57. The van der Waals surface area contributed by atoms with Gasteiger partial charge in [0, 0.05) is 19.0 Å². The summed E-state index contributed by atoms with van der Waals surface area (Å²) in [6.45, 7) is 2.18. The molecule has 1 amide bonds. The minimum absolute atomic E-state index is 0.0588. The minimum atomic E-state index is -0.846. The van der Waals surface area contributed by atoms with Crippen molar-refractivity contribution in [1.29, 1.82) is 0 Å². The van der Waals surface area contributed by atoms with Gasteiger partial charge < -0.3 is 10.4 Å². The molecule has 3 atom stereocenters. The largest absolute Gasteiger partial charge is 0.481 e. The number of benzene rings is 1. The Hall–Kier alpha value is -1.92. The number of nitrogens with one attached hydrogen (secondary N) is 3. The lowest BCUT2D eigenvalue weighted by atomic mass is 10.0. The van der Waals surface area contributed by atoms with Crippen molar-refractivity contribution in [2.45, 2.75) is 31.8 Å². The lowest BCUT2D eigenvalue weighted by Gasteiger charge is -2.13. The van der Waals surface area contributed by atoms with Gasteiger partial charge >= 0.3 is 5.97 Å². The van der Waals surface area contributed by atoms with Crippen molar-refractivity contribution in [1.82, 2.24) is 16.2 Å². The molecule has 2 rings (SSSR count). The molecule has 0 radical (unpaired) electrons. The summed E-state index contributed by atoms with van der Waals surface area (Å²) < 4.78 is 0. The van der Waals surface area contributed by atoms with Gasteiger partial charge in [-0.15, -0.1) is 0 Å². The Morgan fingerprint density at radius 1 is 1.33 bits per heavy atom. The Bertz CT molecular complexity index is 492. The predicted octanol–water partition coefficient (Wildman–Crippen LogP) is 0.821. The highest BCUT2D eigenvalue weighted by atomic mass is 16.4. The average Bonchev–Trinajstić information content (AvgIpc) is 2.95. The molecule has 1 aliphatic rings. The van der Waals surface area contributed by atoms with Crippen molar-refractivity contribution in [3.63, 3.8) is 0 Å². The number of carbonyl (C=O) groups excluding carboxylic acids is 1. The predicted molar refractivity (Wildman–Crippen MR) is 78.3 cm³/mol. The van der Waals surface area contributed by atoms with Gasteiger partial charge in [0.15, 0.2) is 0 Å². The average molecular weight is 291 g/mol. The van der Waals surface area contributed by atoms with Crippen molar-refractivity contribution in [2.24, 2.45) is 5.92 Å². The minimum Gasteiger partial charge on any atom is -0.481 e. The number of hydrogen-bond donors (Lipinski definition) is 4. The van der Waals surface area contributed by atoms with Crippen molar-refractivity contribution in [2.75, 3.05) is 6.54 Å². The first kappa shape index (κ1) is 15.5. The van der Waals surface area contributed by atoms with Crippen LogP contribution >= 0.6 is 0 Å². The molecule has 0 saturated carbocycles. The molecule has 1 heterocycles. The van der Waals surface area contributed by atoms with Crippen molar-refractivity contribution < 1.29 is 14.7 Å². The van der Waals surface area contributed by atoms with Crippen molar-refractivity contribution in [3.8, 4) is 0 Å². The fraction of sp³-hybridized carbons (Fsp3) is 0.467. The summed E-state index contributed by atoms with van der Waals surface area (Å²) in [6.07, 6.45) is 0.729. The van der Waals surface area contributed by atoms with Crippen LogP contribution < -0.4 is 16.2 Å². The highest BCUT2D eigenvalue weighted by Crippen LogP contribution is 2.21. The van der Waals surface area contributed by atoms with Crippen LogP contribution in [0.5, 0.6) is 0 Å². The van der Waals surface area contributed by atoms with Crippen LogP contribution in [0.1, 0.15) is 31.4 Å². The lowest BCUT2D eigenvalue weighted by Crippen LogP contribution is -2.44. The zero-order valence-corrected chi connectivity index (χ0v) is 12.0. The van der Waals surface area contributed by atoms with Crippen LogP contribution in [0.2, 0.25) is 0 Å². The molecule has 1 fully saturated rings. The van der Waals surface area contributed by atoms with Gasteiger partial charge in [0.1, 0.15) is 6.04 Å².